The van der Waals surface area contributed by atoms with E-state index in [1.54, 1.807) is 0 Å². The molecule has 1 saturated carbocycles. The fraction of sp³-hybridized carbons (Fsp3) is 0.613. The highest BCUT2D eigenvalue weighted by molar-refractivity contribution is 5.64. The van der Waals surface area contributed by atoms with Gasteiger partial charge in [0.05, 0.1) is 19.3 Å². The molecular formula is C31H44O2. The highest BCUT2D eigenvalue weighted by Crippen LogP contribution is 2.38. The summed E-state index contributed by atoms with van der Waals surface area (Å²) in [4.78, 5) is 0. The average Bonchev–Trinajstić information content (AvgIpc) is 2.88. The second-order valence-electron chi connectivity index (χ2n) is 10.4. The zero-order valence-corrected chi connectivity index (χ0v) is 20.9. The molecule has 0 spiro atoms. The van der Waals surface area contributed by atoms with Crippen molar-refractivity contribution in [3.05, 3.63) is 59.7 Å². The molecule has 0 bridgehead atoms. The van der Waals surface area contributed by atoms with Gasteiger partial charge in [-0.05, 0) is 66.2 Å². The predicted octanol–water partition coefficient (Wildman–Crippen LogP) is 8.85. The Bertz CT molecular complexity index is 794. The maximum absolute atomic E-state index is 6.07. The number of hydrogen-bond donors (Lipinski definition) is 0. The Kier molecular flexibility index (Phi) is 9.44. The van der Waals surface area contributed by atoms with Crippen LogP contribution in [-0.2, 0) is 9.47 Å². The zero-order chi connectivity index (χ0) is 22.9. The van der Waals surface area contributed by atoms with Crippen molar-refractivity contribution in [2.75, 3.05) is 13.2 Å². The zero-order valence-electron chi connectivity index (χ0n) is 20.9. The molecule has 2 heteroatoms. The molecule has 4 rings (SSSR count). The Morgan fingerprint density at radius 1 is 0.636 bits per heavy atom. The summed E-state index contributed by atoms with van der Waals surface area (Å²) in [5.74, 6) is 1.74. The Labute approximate surface area is 202 Å². The normalized spacial score (nSPS) is 25.8. The molecule has 2 nitrogen and oxygen atoms in total. The molecule has 2 fully saturated rings. The highest BCUT2D eigenvalue weighted by Gasteiger charge is 2.23. The summed E-state index contributed by atoms with van der Waals surface area (Å²) in [6, 6.07) is 18.3. The molecule has 180 valence electrons. The van der Waals surface area contributed by atoms with E-state index in [-0.39, 0.29) is 12.2 Å². The van der Waals surface area contributed by atoms with Crippen molar-refractivity contribution >= 4 is 0 Å². The minimum absolute atomic E-state index is 0.0660. The maximum Gasteiger partial charge on any atom is 0.106 e. The quantitative estimate of drug-likeness (QED) is 0.338. The smallest absolute Gasteiger partial charge is 0.106 e. The lowest BCUT2D eigenvalue weighted by Gasteiger charge is -2.29. The minimum Gasteiger partial charge on any atom is -0.373 e. The summed E-state index contributed by atoms with van der Waals surface area (Å²) in [6.45, 7) is 5.87. The Balaban J connectivity index is 1.26. The third-order valence-electron chi connectivity index (χ3n) is 7.89. The third kappa shape index (κ3) is 6.93. The van der Waals surface area contributed by atoms with Crippen LogP contribution in [0.1, 0.15) is 108 Å². The van der Waals surface area contributed by atoms with Gasteiger partial charge in [-0.3, -0.25) is 0 Å². The van der Waals surface area contributed by atoms with Crippen LogP contribution in [-0.4, -0.2) is 19.3 Å². The fourth-order valence-corrected chi connectivity index (χ4v) is 5.71. The van der Waals surface area contributed by atoms with Crippen molar-refractivity contribution in [3.8, 4) is 11.1 Å². The molecule has 1 saturated heterocycles. The van der Waals surface area contributed by atoms with E-state index in [4.69, 9.17) is 9.47 Å². The Morgan fingerprint density at radius 2 is 1.30 bits per heavy atom. The van der Waals surface area contributed by atoms with E-state index in [0.29, 0.717) is 13.2 Å². The van der Waals surface area contributed by atoms with Crippen molar-refractivity contribution < 1.29 is 9.47 Å². The van der Waals surface area contributed by atoms with Gasteiger partial charge in [0.1, 0.15) is 6.10 Å². The van der Waals surface area contributed by atoms with Crippen LogP contribution in [0, 0.1) is 5.92 Å². The van der Waals surface area contributed by atoms with Gasteiger partial charge in [-0.25, -0.2) is 0 Å². The summed E-state index contributed by atoms with van der Waals surface area (Å²) in [6.07, 6.45) is 15.2. The predicted molar refractivity (Wildman–Crippen MR) is 139 cm³/mol. The molecule has 2 aromatic carbocycles. The lowest BCUT2D eigenvalue weighted by atomic mass is 9.77. The van der Waals surface area contributed by atoms with E-state index in [1.807, 2.05) is 0 Å². The van der Waals surface area contributed by atoms with Gasteiger partial charge < -0.3 is 9.47 Å². The first-order chi connectivity index (χ1) is 16.3. The van der Waals surface area contributed by atoms with Gasteiger partial charge in [-0.1, -0.05) is 101 Å². The first-order valence-electron chi connectivity index (χ1n) is 13.7. The largest absolute Gasteiger partial charge is 0.373 e. The molecule has 1 aliphatic heterocycles. The summed E-state index contributed by atoms with van der Waals surface area (Å²) < 4.78 is 12.1. The summed E-state index contributed by atoms with van der Waals surface area (Å²) in [5, 5.41) is 0. The van der Waals surface area contributed by atoms with Gasteiger partial charge >= 0.3 is 0 Å². The molecule has 1 aliphatic carbocycles. The van der Waals surface area contributed by atoms with Crippen molar-refractivity contribution in [2.24, 2.45) is 5.92 Å². The number of ether oxygens (including phenoxy) is 2. The standard InChI is InChI=1S/C31H44O2/c1-3-5-6-7-9-24-10-12-25(13-11-24)26-14-16-27(17-15-26)28-18-20-29(21-19-28)31-23-32-30(8-4-2)22-33-31/h14-21,24-25,30-31H,3-13,22-23H2,1-2H3/t24?,25?,30-,31-/m0/s1. The van der Waals surface area contributed by atoms with Gasteiger partial charge in [0, 0.05) is 0 Å². The van der Waals surface area contributed by atoms with Crippen LogP contribution in [0.4, 0.5) is 0 Å². The first-order valence-corrected chi connectivity index (χ1v) is 13.7. The van der Waals surface area contributed by atoms with Gasteiger partial charge in [0.15, 0.2) is 0 Å². The fourth-order valence-electron chi connectivity index (χ4n) is 5.71. The number of benzene rings is 2. The molecule has 0 radical (unpaired) electrons. The van der Waals surface area contributed by atoms with Gasteiger partial charge in [0.2, 0.25) is 0 Å². The van der Waals surface area contributed by atoms with Crippen molar-refractivity contribution in [3.63, 3.8) is 0 Å². The van der Waals surface area contributed by atoms with Gasteiger partial charge in [0.25, 0.3) is 0 Å². The summed E-state index contributed by atoms with van der Waals surface area (Å²) in [7, 11) is 0. The monoisotopic (exact) mass is 448 g/mol. The second kappa shape index (κ2) is 12.7. The molecular weight excluding hydrogens is 404 g/mol. The van der Waals surface area contributed by atoms with E-state index in [0.717, 1.165) is 24.7 Å². The van der Waals surface area contributed by atoms with Crippen LogP contribution in [0.5, 0.6) is 0 Å². The van der Waals surface area contributed by atoms with Crippen molar-refractivity contribution in [1.82, 2.24) is 0 Å². The van der Waals surface area contributed by atoms with Crippen LogP contribution in [0.2, 0.25) is 0 Å². The second-order valence-corrected chi connectivity index (χ2v) is 10.4. The number of unbranched alkanes of at least 4 members (excludes halogenated alkanes) is 3. The van der Waals surface area contributed by atoms with E-state index in [1.165, 1.54) is 80.0 Å². The SMILES string of the molecule is CCCCCCC1CCC(c2ccc(-c3ccc([C@@H]4CO[C@@H](CCC)CO4)cc3)cc2)CC1. The van der Waals surface area contributed by atoms with E-state index in [2.05, 4.69) is 62.4 Å². The maximum atomic E-state index is 6.07. The Morgan fingerprint density at radius 3 is 1.88 bits per heavy atom. The van der Waals surface area contributed by atoms with Crippen LogP contribution in [0.15, 0.2) is 48.5 Å². The van der Waals surface area contributed by atoms with Crippen molar-refractivity contribution in [2.45, 2.75) is 103 Å². The molecule has 1 heterocycles. The topological polar surface area (TPSA) is 18.5 Å². The van der Waals surface area contributed by atoms with E-state index < -0.39 is 0 Å². The third-order valence-corrected chi connectivity index (χ3v) is 7.89. The van der Waals surface area contributed by atoms with E-state index in [9.17, 15) is 0 Å². The van der Waals surface area contributed by atoms with Gasteiger partial charge in [-0.2, -0.15) is 0 Å². The molecule has 0 amide bonds. The lowest BCUT2D eigenvalue weighted by Crippen LogP contribution is -2.30. The molecule has 0 unspecified atom stereocenters. The molecule has 0 N–H and O–H groups in total. The number of hydrogen-bond acceptors (Lipinski definition) is 2. The van der Waals surface area contributed by atoms with Crippen molar-refractivity contribution in [1.29, 1.82) is 0 Å². The number of rotatable bonds is 10. The molecule has 2 atom stereocenters. The molecule has 2 aliphatic rings. The Hall–Kier alpha value is -1.64. The molecule has 33 heavy (non-hydrogen) atoms. The summed E-state index contributed by atoms with van der Waals surface area (Å²) in [5.41, 5.74) is 5.34. The van der Waals surface area contributed by atoms with Crippen LogP contribution in [0.3, 0.4) is 0 Å². The molecule has 0 aromatic heterocycles. The highest BCUT2D eigenvalue weighted by atomic mass is 16.6. The molecule has 2 aromatic rings. The summed E-state index contributed by atoms with van der Waals surface area (Å²) >= 11 is 0. The minimum atomic E-state index is 0.0660. The van der Waals surface area contributed by atoms with Crippen LogP contribution in [0.25, 0.3) is 11.1 Å². The van der Waals surface area contributed by atoms with Crippen LogP contribution < -0.4 is 0 Å². The average molecular weight is 449 g/mol. The first kappa shape index (κ1) is 24.5. The van der Waals surface area contributed by atoms with Crippen LogP contribution >= 0.6 is 0 Å². The lowest BCUT2D eigenvalue weighted by molar-refractivity contribution is -0.137. The van der Waals surface area contributed by atoms with E-state index >= 15 is 0 Å². The van der Waals surface area contributed by atoms with Gasteiger partial charge in [-0.15, -0.1) is 0 Å².